The van der Waals surface area contributed by atoms with Crippen LogP contribution in [0, 0.1) is 5.92 Å². The highest BCUT2D eigenvalue weighted by Gasteiger charge is 2.38. The van der Waals surface area contributed by atoms with Crippen LogP contribution in [-0.4, -0.2) is 82.6 Å². The minimum atomic E-state index is -0.662. The van der Waals surface area contributed by atoms with Gasteiger partial charge >= 0.3 is 5.97 Å². The van der Waals surface area contributed by atoms with Gasteiger partial charge in [0, 0.05) is 46.3 Å². The maximum Gasteiger partial charge on any atom is 0.337 e. The van der Waals surface area contributed by atoms with Gasteiger partial charge in [-0.2, -0.15) is 0 Å². The topological polar surface area (TPSA) is 104 Å². The number of nitrogens with zero attached hydrogens (tertiary/aromatic N) is 1. The molecule has 1 aromatic carbocycles. The van der Waals surface area contributed by atoms with Crippen molar-refractivity contribution in [2.45, 2.75) is 38.3 Å². The van der Waals surface area contributed by atoms with Gasteiger partial charge in [-0.1, -0.05) is 12.1 Å². The standard InChI is InChI=1S/C24H35NO8/c1-6-32-24-18(8-7-13-26)19(16-9-11-17(12-10-16)23(28)31-5)14-20(33-24)22(27)25(2)15-21(29-3)30-4/h9-12,14,18-19,21,24,26H,6-8,13,15H2,1-5H3/t18-,19+,24+/m1/s1. The molecule has 1 aliphatic rings. The number of hydrogen-bond acceptors (Lipinski definition) is 8. The highest BCUT2D eigenvalue weighted by atomic mass is 16.7. The van der Waals surface area contributed by atoms with Gasteiger partial charge in [0.2, 0.25) is 6.29 Å². The van der Waals surface area contributed by atoms with E-state index < -0.39 is 18.5 Å². The molecule has 0 unspecified atom stereocenters. The molecule has 1 heterocycles. The minimum absolute atomic E-state index is 0.0387. The molecule has 2 rings (SSSR count). The van der Waals surface area contributed by atoms with E-state index in [0.717, 1.165) is 5.56 Å². The number of hydrogen-bond donors (Lipinski definition) is 1. The molecular weight excluding hydrogens is 430 g/mol. The number of ether oxygens (including phenoxy) is 5. The fourth-order valence-electron chi connectivity index (χ4n) is 3.84. The van der Waals surface area contributed by atoms with Gasteiger partial charge in [0.05, 0.1) is 19.2 Å². The number of rotatable bonds is 12. The van der Waals surface area contributed by atoms with Crippen LogP contribution in [0.4, 0.5) is 0 Å². The van der Waals surface area contributed by atoms with Crippen molar-refractivity contribution in [2.24, 2.45) is 5.92 Å². The summed E-state index contributed by atoms with van der Waals surface area (Å²) in [6, 6.07) is 7.06. The van der Waals surface area contributed by atoms with Gasteiger partial charge in [0.25, 0.3) is 5.91 Å². The van der Waals surface area contributed by atoms with Crippen LogP contribution in [0.25, 0.3) is 0 Å². The van der Waals surface area contributed by atoms with E-state index in [1.165, 1.54) is 26.2 Å². The summed E-state index contributed by atoms with van der Waals surface area (Å²) in [6.45, 7) is 2.52. The van der Waals surface area contributed by atoms with Crippen molar-refractivity contribution < 1.29 is 38.4 Å². The zero-order chi connectivity index (χ0) is 24.4. The van der Waals surface area contributed by atoms with E-state index in [1.54, 1.807) is 25.3 Å². The largest absolute Gasteiger partial charge is 0.465 e. The lowest BCUT2D eigenvalue weighted by Gasteiger charge is -2.38. The molecular formula is C24H35NO8. The van der Waals surface area contributed by atoms with Crippen molar-refractivity contribution >= 4 is 11.9 Å². The van der Waals surface area contributed by atoms with Crippen molar-refractivity contribution in [3.05, 3.63) is 47.2 Å². The van der Waals surface area contributed by atoms with Gasteiger partial charge in [-0.25, -0.2) is 4.79 Å². The molecule has 1 aliphatic heterocycles. The average molecular weight is 466 g/mol. The number of methoxy groups -OCH3 is 3. The highest BCUT2D eigenvalue weighted by Crippen LogP contribution is 2.39. The smallest absolute Gasteiger partial charge is 0.337 e. The second kappa shape index (κ2) is 13.3. The molecule has 0 spiro atoms. The van der Waals surface area contributed by atoms with Crippen molar-refractivity contribution in [2.75, 3.05) is 48.1 Å². The van der Waals surface area contributed by atoms with Gasteiger partial charge in [0.1, 0.15) is 0 Å². The molecule has 0 saturated carbocycles. The van der Waals surface area contributed by atoms with E-state index in [0.29, 0.717) is 25.0 Å². The van der Waals surface area contributed by atoms with E-state index in [9.17, 15) is 14.7 Å². The zero-order valence-electron chi connectivity index (χ0n) is 20.0. The van der Waals surface area contributed by atoms with Gasteiger partial charge < -0.3 is 33.7 Å². The lowest BCUT2D eigenvalue weighted by atomic mass is 9.80. The molecule has 1 N–H and O–H groups in total. The number of esters is 1. The Kier molecular flexibility index (Phi) is 10.8. The number of carbonyl (C=O) groups excluding carboxylic acids is 2. The van der Waals surface area contributed by atoms with E-state index in [-0.39, 0.29) is 36.7 Å². The molecule has 9 nitrogen and oxygen atoms in total. The van der Waals surface area contributed by atoms with Gasteiger partial charge in [0.15, 0.2) is 12.0 Å². The summed E-state index contributed by atoms with van der Waals surface area (Å²) in [6.07, 6.45) is 1.76. The maximum absolute atomic E-state index is 13.2. The van der Waals surface area contributed by atoms with Gasteiger partial charge in [-0.3, -0.25) is 4.79 Å². The second-order valence-corrected chi connectivity index (χ2v) is 7.73. The van der Waals surface area contributed by atoms with Crippen molar-refractivity contribution in [1.82, 2.24) is 4.90 Å². The van der Waals surface area contributed by atoms with Crippen molar-refractivity contribution in [3.63, 3.8) is 0 Å². The first-order valence-electron chi connectivity index (χ1n) is 11.0. The molecule has 0 aromatic heterocycles. The van der Waals surface area contributed by atoms with E-state index >= 15 is 0 Å². The summed E-state index contributed by atoms with van der Waals surface area (Å²) >= 11 is 0. The molecule has 33 heavy (non-hydrogen) atoms. The first-order chi connectivity index (χ1) is 15.9. The van der Waals surface area contributed by atoms with Crippen LogP contribution in [0.3, 0.4) is 0 Å². The fraction of sp³-hybridized carbons (Fsp3) is 0.583. The lowest BCUT2D eigenvalue weighted by Crippen LogP contribution is -2.42. The summed E-state index contributed by atoms with van der Waals surface area (Å²) in [5.41, 5.74) is 1.34. The van der Waals surface area contributed by atoms with Crippen LogP contribution in [0.1, 0.15) is 41.6 Å². The molecule has 184 valence electrons. The van der Waals surface area contributed by atoms with Gasteiger partial charge in [-0.05, 0) is 43.5 Å². The molecule has 3 atom stereocenters. The second-order valence-electron chi connectivity index (χ2n) is 7.73. The quantitative estimate of drug-likeness (QED) is 0.371. The first kappa shape index (κ1) is 26.8. The molecule has 0 saturated heterocycles. The maximum atomic E-state index is 13.2. The summed E-state index contributed by atoms with van der Waals surface area (Å²) in [5.74, 6) is -0.925. The number of likely N-dealkylation sites (N-methyl/N-ethyl adjacent to an activating group) is 1. The predicted octanol–water partition coefficient (Wildman–Crippen LogP) is 2.30. The summed E-state index contributed by atoms with van der Waals surface area (Å²) in [7, 11) is 5.99. The van der Waals surface area contributed by atoms with Crippen molar-refractivity contribution in [3.8, 4) is 0 Å². The predicted molar refractivity (Wildman–Crippen MR) is 120 cm³/mol. The van der Waals surface area contributed by atoms with Crippen molar-refractivity contribution in [1.29, 1.82) is 0 Å². The molecule has 0 aliphatic carbocycles. The number of amides is 1. The third-order valence-electron chi connectivity index (χ3n) is 5.63. The Morgan fingerprint density at radius 2 is 1.82 bits per heavy atom. The average Bonchev–Trinajstić information content (AvgIpc) is 2.85. The van der Waals surface area contributed by atoms with E-state index in [1.807, 2.05) is 19.1 Å². The van der Waals surface area contributed by atoms with Crippen LogP contribution in [0.2, 0.25) is 0 Å². The lowest BCUT2D eigenvalue weighted by molar-refractivity contribution is -0.172. The SMILES string of the molecule is CCO[C@H]1OC(C(=O)N(C)CC(OC)OC)=C[C@@H](c2ccc(C(=O)OC)cc2)[C@H]1CCCO. The monoisotopic (exact) mass is 465 g/mol. The first-order valence-corrected chi connectivity index (χ1v) is 11.0. The Bertz CT molecular complexity index is 790. The van der Waals surface area contributed by atoms with Crippen LogP contribution >= 0.6 is 0 Å². The van der Waals surface area contributed by atoms with Crippen LogP contribution < -0.4 is 0 Å². The number of aliphatic hydroxyl groups excluding tert-OH is 1. The Hall–Kier alpha value is -2.46. The zero-order valence-corrected chi connectivity index (χ0v) is 20.0. The Labute approximate surface area is 195 Å². The molecule has 9 heteroatoms. The number of allylic oxidation sites excluding steroid dienone is 1. The summed E-state index contributed by atoms with van der Waals surface area (Å²) < 4.78 is 27.1. The third kappa shape index (κ3) is 7.01. The number of carbonyl (C=O) groups is 2. The number of benzene rings is 1. The molecule has 1 aromatic rings. The summed E-state index contributed by atoms with van der Waals surface area (Å²) in [5, 5.41) is 9.41. The Balaban J connectivity index is 2.40. The van der Waals surface area contributed by atoms with Crippen LogP contribution in [0.5, 0.6) is 0 Å². The Morgan fingerprint density at radius 1 is 1.15 bits per heavy atom. The molecule has 0 bridgehead atoms. The van der Waals surface area contributed by atoms with Crippen LogP contribution in [-0.2, 0) is 28.5 Å². The fourth-order valence-corrected chi connectivity index (χ4v) is 3.84. The van der Waals surface area contributed by atoms with E-state index in [2.05, 4.69) is 0 Å². The van der Waals surface area contributed by atoms with E-state index in [4.69, 9.17) is 23.7 Å². The minimum Gasteiger partial charge on any atom is -0.465 e. The number of aliphatic hydroxyl groups is 1. The Morgan fingerprint density at radius 3 is 2.36 bits per heavy atom. The molecule has 0 radical (unpaired) electrons. The van der Waals surface area contributed by atoms with Gasteiger partial charge in [-0.15, -0.1) is 0 Å². The molecule has 1 amide bonds. The normalized spacial score (nSPS) is 20.2. The highest BCUT2D eigenvalue weighted by molar-refractivity contribution is 5.91. The van der Waals surface area contributed by atoms with Crippen LogP contribution in [0.15, 0.2) is 36.1 Å². The molecule has 0 fully saturated rings. The summed E-state index contributed by atoms with van der Waals surface area (Å²) in [4.78, 5) is 26.5. The third-order valence-corrected chi connectivity index (χ3v) is 5.63.